The van der Waals surface area contributed by atoms with E-state index in [2.05, 4.69) is 20.1 Å². The molecule has 1 aliphatic rings. The van der Waals surface area contributed by atoms with Gasteiger partial charge in [-0.25, -0.2) is 0 Å². The molecule has 0 atom stereocenters. The van der Waals surface area contributed by atoms with Crippen LogP contribution in [0.3, 0.4) is 0 Å². The number of hydrogen-bond acceptors (Lipinski definition) is 5. The lowest BCUT2D eigenvalue weighted by atomic mass is 10.1. The Bertz CT molecular complexity index is 784. The number of carbonyl (C=O) groups is 1. The molecular formula is C16H19N5O3. The van der Waals surface area contributed by atoms with Crippen LogP contribution in [-0.4, -0.2) is 25.6 Å². The van der Waals surface area contributed by atoms with Gasteiger partial charge in [0.05, 0.1) is 11.5 Å². The van der Waals surface area contributed by atoms with Gasteiger partial charge in [-0.15, -0.1) is 10.2 Å². The van der Waals surface area contributed by atoms with Crippen LogP contribution in [-0.2, 0) is 19.5 Å². The van der Waals surface area contributed by atoms with Gasteiger partial charge in [0.25, 0.3) is 11.6 Å². The van der Waals surface area contributed by atoms with E-state index in [-0.39, 0.29) is 18.1 Å². The molecule has 1 aliphatic heterocycles. The molecule has 1 amide bonds. The Kier molecular flexibility index (Phi) is 4.54. The first-order valence-electron chi connectivity index (χ1n) is 8.01. The van der Waals surface area contributed by atoms with Crippen molar-refractivity contribution < 1.29 is 9.72 Å². The summed E-state index contributed by atoms with van der Waals surface area (Å²) < 4.78 is 2.06. The van der Waals surface area contributed by atoms with Crippen LogP contribution >= 0.6 is 0 Å². The van der Waals surface area contributed by atoms with E-state index < -0.39 is 4.92 Å². The van der Waals surface area contributed by atoms with Gasteiger partial charge in [0.15, 0.2) is 5.82 Å². The van der Waals surface area contributed by atoms with Crippen LogP contribution < -0.4 is 5.32 Å². The van der Waals surface area contributed by atoms with Crippen LogP contribution in [0.5, 0.6) is 0 Å². The average Bonchev–Trinajstić information content (AvgIpc) is 2.79. The van der Waals surface area contributed by atoms with E-state index in [1.165, 1.54) is 18.6 Å². The van der Waals surface area contributed by atoms with Crippen LogP contribution in [0, 0.1) is 17.0 Å². The molecule has 1 N–H and O–H groups in total. The van der Waals surface area contributed by atoms with Crippen LogP contribution in [0.25, 0.3) is 0 Å². The first-order chi connectivity index (χ1) is 11.6. The fourth-order valence-corrected chi connectivity index (χ4v) is 3.00. The van der Waals surface area contributed by atoms with E-state index in [1.54, 1.807) is 13.0 Å². The number of amides is 1. The summed E-state index contributed by atoms with van der Waals surface area (Å²) in [7, 11) is 0. The number of aryl methyl sites for hydroxylation is 1. The first-order valence-corrected chi connectivity index (χ1v) is 8.01. The van der Waals surface area contributed by atoms with E-state index in [0.717, 1.165) is 37.5 Å². The standard InChI is InChI=1S/C16H19N5O3/c1-11-12(6-5-7-13(11)21(23)24)16(22)17-10-15-19-18-14-8-3-2-4-9-20(14)15/h5-7H,2-4,8-10H2,1H3,(H,17,22). The molecule has 0 aliphatic carbocycles. The van der Waals surface area contributed by atoms with E-state index in [9.17, 15) is 14.9 Å². The van der Waals surface area contributed by atoms with Gasteiger partial charge in [0.2, 0.25) is 0 Å². The van der Waals surface area contributed by atoms with Crippen molar-refractivity contribution in [2.45, 2.75) is 45.7 Å². The minimum absolute atomic E-state index is 0.0565. The lowest BCUT2D eigenvalue weighted by molar-refractivity contribution is -0.385. The Morgan fingerprint density at radius 3 is 2.96 bits per heavy atom. The Hall–Kier alpha value is -2.77. The van der Waals surface area contributed by atoms with Crippen LogP contribution in [0.15, 0.2) is 18.2 Å². The van der Waals surface area contributed by atoms with Gasteiger partial charge in [0, 0.05) is 30.2 Å². The van der Waals surface area contributed by atoms with Crippen LogP contribution in [0.2, 0.25) is 0 Å². The van der Waals surface area contributed by atoms with Gasteiger partial charge in [0.1, 0.15) is 5.82 Å². The molecule has 2 heterocycles. The molecule has 24 heavy (non-hydrogen) atoms. The van der Waals surface area contributed by atoms with Crippen molar-refractivity contribution in [3.63, 3.8) is 0 Å². The van der Waals surface area contributed by atoms with Gasteiger partial charge < -0.3 is 9.88 Å². The number of aromatic nitrogens is 3. The van der Waals surface area contributed by atoms with Crippen molar-refractivity contribution >= 4 is 11.6 Å². The molecule has 0 unspecified atom stereocenters. The maximum atomic E-state index is 12.4. The molecule has 3 rings (SSSR count). The monoisotopic (exact) mass is 329 g/mol. The van der Waals surface area contributed by atoms with E-state index in [1.807, 2.05) is 0 Å². The normalized spacial score (nSPS) is 13.9. The van der Waals surface area contributed by atoms with Crippen molar-refractivity contribution in [2.75, 3.05) is 0 Å². The molecule has 0 bridgehead atoms. The van der Waals surface area contributed by atoms with Crippen molar-refractivity contribution in [1.82, 2.24) is 20.1 Å². The highest BCUT2D eigenvalue weighted by Crippen LogP contribution is 2.21. The summed E-state index contributed by atoms with van der Waals surface area (Å²) in [5.74, 6) is 1.34. The molecule has 126 valence electrons. The largest absolute Gasteiger partial charge is 0.345 e. The summed E-state index contributed by atoms with van der Waals surface area (Å²) in [5.41, 5.74) is 0.610. The van der Waals surface area contributed by atoms with Gasteiger partial charge >= 0.3 is 0 Å². The van der Waals surface area contributed by atoms with Crippen molar-refractivity contribution in [2.24, 2.45) is 0 Å². The number of nitrogens with zero attached hydrogens (tertiary/aromatic N) is 4. The molecule has 0 saturated carbocycles. The molecule has 1 aromatic carbocycles. The zero-order chi connectivity index (χ0) is 17.1. The number of rotatable bonds is 4. The highest BCUT2D eigenvalue weighted by Gasteiger charge is 2.19. The van der Waals surface area contributed by atoms with Gasteiger partial charge in [-0.05, 0) is 25.8 Å². The minimum Gasteiger partial charge on any atom is -0.345 e. The Balaban J connectivity index is 1.74. The predicted molar refractivity (Wildman–Crippen MR) is 86.6 cm³/mol. The maximum absolute atomic E-state index is 12.4. The smallest absolute Gasteiger partial charge is 0.273 e. The number of carbonyl (C=O) groups excluding carboxylic acids is 1. The molecular weight excluding hydrogens is 310 g/mol. The molecule has 8 nitrogen and oxygen atoms in total. The second kappa shape index (κ2) is 6.77. The number of benzene rings is 1. The number of nitro groups is 1. The zero-order valence-corrected chi connectivity index (χ0v) is 13.5. The van der Waals surface area contributed by atoms with E-state index in [0.29, 0.717) is 11.1 Å². The third-order valence-electron chi connectivity index (χ3n) is 4.34. The summed E-state index contributed by atoms with van der Waals surface area (Å²) in [4.78, 5) is 22.9. The molecule has 0 saturated heterocycles. The van der Waals surface area contributed by atoms with Crippen molar-refractivity contribution in [1.29, 1.82) is 0 Å². The lowest BCUT2D eigenvalue weighted by Gasteiger charge is -2.09. The first kappa shape index (κ1) is 16.1. The zero-order valence-electron chi connectivity index (χ0n) is 13.5. The minimum atomic E-state index is -0.482. The van der Waals surface area contributed by atoms with Gasteiger partial charge in [-0.2, -0.15) is 0 Å². The molecule has 0 fully saturated rings. The maximum Gasteiger partial charge on any atom is 0.273 e. The van der Waals surface area contributed by atoms with E-state index in [4.69, 9.17) is 0 Å². The Morgan fingerprint density at radius 2 is 2.17 bits per heavy atom. The lowest BCUT2D eigenvalue weighted by Crippen LogP contribution is -2.25. The van der Waals surface area contributed by atoms with E-state index >= 15 is 0 Å². The molecule has 2 aromatic rings. The third-order valence-corrected chi connectivity index (χ3v) is 4.34. The Morgan fingerprint density at radius 1 is 1.33 bits per heavy atom. The SMILES string of the molecule is Cc1c(C(=O)NCc2nnc3n2CCCCC3)cccc1[N+](=O)[O-]. The number of nitro benzene ring substituents is 1. The molecule has 0 spiro atoms. The molecule has 0 radical (unpaired) electrons. The molecule has 1 aromatic heterocycles. The second-order valence-corrected chi connectivity index (χ2v) is 5.88. The third kappa shape index (κ3) is 3.12. The highest BCUT2D eigenvalue weighted by molar-refractivity contribution is 5.96. The second-order valence-electron chi connectivity index (χ2n) is 5.88. The highest BCUT2D eigenvalue weighted by atomic mass is 16.6. The number of hydrogen-bond donors (Lipinski definition) is 1. The predicted octanol–water partition coefficient (Wildman–Crippen LogP) is 2.15. The van der Waals surface area contributed by atoms with Crippen LogP contribution in [0.4, 0.5) is 5.69 Å². The molecule has 8 heteroatoms. The summed E-state index contributed by atoms with van der Waals surface area (Å²) in [5, 5.41) is 22.1. The number of nitrogens with one attached hydrogen (secondary N) is 1. The summed E-state index contributed by atoms with van der Waals surface area (Å²) in [6.07, 6.45) is 4.26. The van der Waals surface area contributed by atoms with Crippen LogP contribution in [0.1, 0.15) is 46.8 Å². The quantitative estimate of drug-likeness (QED) is 0.684. The average molecular weight is 329 g/mol. The number of fused-ring (bicyclic) bond motifs is 1. The fraction of sp³-hybridized carbons (Fsp3) is 0.438. The van der Waals surface area contributed by atoms with Gasteiger partial charge in [-0.1, -0.05) is 12.5 Å². The summed E-state index contributed by atoms with van der Waals surface area (Å²) >= 11 is 0. The summed E-state index contributed by atoms with van der Waals surface area (Å²) in [6, 6.07) is 4.50. The topological polar surface area (TPSA) is 103 Å². The van der Waals surface area contributed by atoms with Gasteiger partial charge in [-0.3, -0.25) is 14.9 Å². The summed E-state index contributed by atoms with van der Waals surface area (Å²) in [6.45, 7) is 2.70. The fourth-order valence-electron chi connectivity index (χ4n) is 3.00. The van der Waals surface area contributed by atoms with Crippen molar-refractivity contribution in [3.8, 4) is 0 Å². The van der Waals surface area contributed by atoms with Crippen molar-refractivity contribution in [3.05, 3.63) is 51.1 Å². The Labute approximate surface area is 139 Å².